The Morgan fingerprint density at radius 1 is 1.75 bits per heavy atom. The van der Waals surface area contributed by atoms with Gasteiger partial charge in [0.15, 0.2) is 0 Å². The van der Waals surface area contributed by atoms with Crippen LogP contribution in [0.5, 0.6) is 0 Å². The van der Waals surface area contributed by atoms with Crippen molar-refractivity contribution in [3.63, 3.8) is 0 Å². The molecule has 1 atom stereocenters. The first-order valence-electron chi connectivity index (χ1n) is 4.81. The molecule has 0 bridgehead atoms. The second-order valence-corrected chi connectivity index (χ2v) is 3.45. The fourth-order valence-electron chi connectivity index (χ4n) is 1.19. The summed E-state index contributed by atoms with van der Waals surface area (Å²) in [6.45, 7) is 3.53. The summed E-state index contributed by atoms with van der Waals surface area (Å²) >= 11 is 0. The Labute approximate surface area is 93.9 Å². The zero-order chi connectivity index (χ0) is 12.1. The first-order chi connectivity index (χ1) is 7.54. The van der Waals surface area contributed by atoms with Crippen molar-refractivity contribution in [1.82, 2.24) is 9.97 Å². The minimum Gasteiger partial charge on any atom is -0.478 e. The van der Waals surface area contributed by atoms with Gasteiger partial charge in [0, 0.05) is 18.7 Å². The molecule has 0 amide bonds. The fraction of sp³-hybridized carbons (Fsp3) is 0.364. The van der Waals surface area contributed by atoms with Crippen LogP contribution in [-0.4, -0.2) is 27.1 Å². The highest BCUT2D eigenvalue weighted by Crippen LogP contribution is 2.08. The first-order valence-corrected chi connectivity index (χ1v) is 4.81. The van der Waals surface area contributed by atoms with E-state index in [1.807, 2.05) is 6.92 Å². The number of carbonyl (C=O) groups is 1. The van der Waals surface area contributed by atoms with Crippen molar-refractivity contribution in [3.8, 4) is 12.3 Å². The van der Waals surface area contributed by atoms with Crippen molar-refractivity contribution >= 4 is 11.9 Å². The normalized spacial score (nSPS) is 11.6. The molecule has 0 spiro atoms. The van der Waals surface area contributed by atoms with Crippen LogP contribution in [-0.2, 0) is 0 Å². The van der Waals surface area contributed by atoms with E-state index < -0.39 is 5.97 Å². The molecule has 1 aromatic rings. The highest BCUT2D eigenvalue weighted by atomic mass is 16.4. The number of nitrogens with zero attached hydrogens (tertiary/aromatic N) is 2. The number of nitrogens with one attached hydrogen (secondary N) is 1. The number of terminal acetylenes is 1. The predicted octanol–water partition coefficient (Wildman–Crippen LogP) is 1.31. The van der Waals surface area contributed by atoms with Crippen molar-refractivity contribution in [3.05, 3.63) is 17.5 Å². The number of aromatic carboxylic acids is 1. The Bertz CT molecular complexity index is 437. The van der Waals surface area contributed by atoms with Crippen molar-refractivity contribution < 1.29 is 9.90 Å². The number of anilines is 1. The summed E-state index contributed by atoms with van der Waals surface area (Å²) < 4.78 is 0. The number of hydrogen-bond acceptors (Lipinski definition) is 4. The maximum atomic E-state index is 10.7. The lowest BCUT2D eigenvalue weighted by molar-refractivity contribution is 0.0695. The lowest BCUT2D eigenvalue weighted by Gasteiger charge is -2.11. The van der Waals surface area contributed by atoms with Crippen LogP contribution in [0.2, 0.25) is 0 Å². The monoisotopic (exact) mass is 219 g/mol. The Morgan fingerprint density at radius 3 is 2.94 bits per heavy atom. The van der Waals surface area contributed by atoms with Gasteiger partial charge in [0.1, 0.15) is 0 Å². The maximum absolute atomic E-state index is 10.7. The number of aryl methyl sites for hydroxylation is 1. The van der Waals surface area contributed by atoms with Gasteiger partial charge in [0.25, 0.3) is 0 Å². The summed E-state index contributed by atoms with van der Waals surface area (Å²) in [6, 6.07) is 0.0556. The van der Waals surface area contributed by atoms with Crippen LogP contribution in [0.4, 0.5) is 5.95 Å². The SMILES string of the molecule is C#CCC(C)Nc1ncc(C(=O)O)c(C)n1. The lowest BCUT2D eigenvalue weighted by atomic mass is 10.2. The van der Waals surface area contributed by atoms with E-state index in [1.54, 1.807) is 6.92 Å². The summed E-state index contributed by atoms with van der Waals surface area (Å²) in [6.07, 6.45) is 7.01. The van der Waals surface area contributed by atoms with Crippen LogP contribution < -0.4 is 5.32 Å². The molecular weight excluding hydrogens is 206 g/mol. The van der Waals surface area contributed by atoms with E-state index >= 15 is 0 Å². The van der Waals surface area contributed by atoms with Gasteiger partial charge in [-0.25, -0.2) is 14.8 Å². The van der Waals surface area contributed by atoms with Crippen LogP contribution in [0.1, 0.15) is 29.4 Å². The topological polar surface area (TPSA) is 75.1 Å². The average molecular weight is 219 g/mol. The zero-order valence-electron chi connectivity index (χ0n) is 9.19. The molecule has 84 valence electrons. The molecule has 1 unspecified atom stereocenters. The van der Waals surface area contributed by atoms with Crippen LogP contribution in [0, 0.1) is 19.3 Å². The van der Waals surface area contributed by atoms with Crippen LogP contribution in [0.3, 0.4) is 0 Å². The first kappa shape index (κ1) is 12.0. The van der Waals surface area contributed by atoms with Crippen molar-refractivity contribution in [2.24, 2.45) is 0 Å². The number of aromatic nitrogens is 2. The Morgan fingerprint density at radius 2 is 2.44 bits per heavy atom. The third-order valence-electron chi connectivity index (χ3n) is 2.01. The molecule has 16 heavy (non-hydrogen) atoms. The largest absolute Gasteiger partial charge is 0.478 e. The van der Waals surface area contributed by atoms with Gasteiger partial charge >= 0.3 is 5.97 Å². The molecule has 0 saturated carbocycles. The van der Waals surface area contributed by atoms with E-state index in [0.717, 1.165) is 0 Å². The van der Waals surface area contributed by atoms with Crippen molar-refractivity contribution in [2.75, 3.05) is 5.32 Å². The van der Waals surface area contributed by atoms with E-state index in [0.29, 0.717) is 18.1 Å². The summed E-state index contributed by atoms with van der Waals surface area (Å²) in [5.74, 6) is 1.89. The molecular formula is C11H13N3O2. The van der Waals surface area contributed by atoms with Crippen molar-refractivity contribution in [2.45, 2.75) is 26.3 Å². The fourth-order valence-corrected chi connectivity index (χ4v) is 1.19. The van der Waals surface area contributed by atoms with Gasteiger partial charge in [0.05, 0.1) is 11.3 Å². The maximum Gasteiger partial charge on any atom is 0.339 e. The molecule has 2 N–H and O–H groups in total. The molecule has 0 aliphatic rings. The van der Waals surface area contributed by atoms with E-state index in [-0.39, 0.29) is 11.6 Å². The van der Waals surface area contributed by atoms with Gasteiger partial charge in [-0.3, -0.25) is 0 Å². The molecule has 5 heteroatoms. The summed E-state index contributed by atoms with van der Waals surface area (Å²) in [5, 5.41) is 11.8. The molecule has 0 saturated heterocycles. The molecule has 1 heterocycles. The molecule has 1 aromatic heterocycles. The van der Waals surface area contributed by atoms with Gasteiger partial charge in [-0.2, -0.15) is 0 Å². The molecule has 0 aliphatic carbocycles. The molecule has 0 aliphatic heterocycles. The van der Waals surface area contributed by atoms with Crippen molar-refractivity contribution in [1.29, 1.82) is 0 Å². The third kappa shape index (κ3) is 2.95. The summed E-state index contributed by atoms with van der Waals surface area (Å²) in [4.78, 5) is 18.7. The third-order valence-corrected chi connectivity index (χ3v) is 2.01. The van der Waals surface area contributed by atoms with Crippen LogP contribution >= 0.6 is 0 Å². The van der Waals surface area contributed by atoms with Gasteiger partial charge in [0.2, 0.25) is 5.95 Å². The Hall–Kier alpha value is -2.09. The van der Waals surface area contributed by atoms with E-state index in [9.17, 15) is 4.79 Å². The number of rotatable bonds is 4. The predicted molar refractivity (Wildman–Crippen MR) is 60.3 cm³/mol. The highest BCUT2D eigenvalue weighted by molar-refractivity contribution is 5.88. The van der Waals surface area contributed by atoms with Crippen LogP contribution in [0.15, 0.2) is 6.20 Å². The van der Waals surface area contributed by atoms with E-state index in [1.165, 1.54) is 6.20 Å². The van der Waals surface area contributed by atoms with Gasteiger partial charge in [-0.15, -0.1) is 12.3 Å². The molecule has 0 aromatic carbocycles. The molecule has 1 rings (SSSR count). The molecule has 0 radical (unpaired) electrons. The summed E-state index contributed by atoms with van der Waals surface area (Å²) in [5.41, 5.74) is 0.535. The highest BCUT2D eigenvalue weighted by Gasteiger charge is 2.10. The number of carboxylic acid groups (broad SMARTS) is 1. The minimum absolute atomic E-state index is 0.0556. The molecule has 5 nitrogen and oxygen atoms in total. The second kappa shape index (κ2) is 5.12. The minimum atomic E-state index is -1.03. The van der Waals surface area contributed by atoms with Gasteiger partial charge in [-0.05, 0) is 13.8 Å². The quantitative estimate of drug-likeness (QED) is 0.747. The number of hydrogen-bond donors (Lipinski definition) is 2. The van der Waals surface area contributed by atoms with E-state index in [2.05, 4.69) is 21.2 Å². The van der Waals surface area contributed by atoms with E-state index in [4.69, 9.17) is 11.5 Å². The lowest BCUT2D eigenvalue weighted by Crippen LogP contribution is -2.17. The van der Waals surface area contributed by atoms with Gasteiger partial charge in [-0.1, -0.05) is 0 Å². The average Bonchev–Trinajstić information content (AvgIpc) is 2.17. The second-order valence-electron chi connectivity index (χ2n) is 3.45. The number of carboxylic acids is 1. The van der Waals surface area contributed by atoms with Crippen LogP contribution in [0.25, 0.3) is 0 Å². The Balaban J connectivity index is 2.82. The molecule has 0 fully saturated rings. The standard InChI is InChI=1S/C11H13N3O2/c1-4-5-7(2)13-11-12-6-9(10(15)16)8(3)14-11/h1,6-7H,5H2,2-3H3,(H,15,16)(H,12,13,14). The summed E-state index contributed by atoms with van der Waals surface area (Å²) in [7, 11) is 0. The smallest absolute Gasteiger partial charge is 0.339 e. The zero-order valence-corrected chi connectivity index (χ0v) is 9.19. The van der Waals surface area contributed by atoms with Gasteiger partial charge < -0.3 is 10.4 Å². The Kier molecular flexibility index (Phi) is 3.84.